The van der Waals surface area contributed by atoms with E-state index in [2.05, 4.69) is 39.8 Å². The Morgan fingerprint density at radius 3 is 3.07 bits per heavy atom. The first-order valence-corrected chi connectivity index (χ1v) is 5.53. The maximum absolute atomic E-state index is 3.57. The highest BCUT2D eigenvalue weighted by atomic mass is 15.2. The Bertz CT molecular complexity index is 283. The Kier molecular flexibility index (Phi) is 3.41. The van der Waals surface area contributed by atoms with Crippen LogP contribution < -0.4 is 10.6 Å². The van der Waals surface area contributed by atoms with Gasteiger partial charge in [0.25, 0.3) is 0 Å². The summed E-state index contributed by atoms with van der Waals surface area (Å²) in [4.78, 5) is 5.49. The molecule has 1 fully saturated rings. The molecule has 4 nitrogen and oxygen atoms in total. The second-order valence-electron chi connectivity index (χ2n) is 4.23. The van der Waals surface area contributed by atoms with E-state index in [1.807, 2.05) is 13.2 Å². The Morgan fingerprint density at radius 1 is 1.60 bits per heavy atom. The number of aromatic amines is 1. The van der Waals surface area contributed by atoms with Crippen molar-refractivity contribution in [2.24, 2.45) is 0 Å². The second kappa shape index (κ2) is 4.79. The van der Waals surface area contributed by atoms with Gasteiger partial charge in [0.2, 0.25) is 0 Å². The molecule has 1 aromatic heterocycles. The standard InChI is InChI=1S/C11H20N4/c1-12-11(9-3-4-13-7-9)10-8-15(2)6-5-14-10/h3-4,7,10-14H,5-6,8H2,1-2H3. The highest BCUT2D eigenvalue weighted by molar-refractivity contribution is 5.16. The minimum absolute atomic E-state index is 0.388. The quantitative estimate of drug-likeness (QED) is 0.664. The summed E-state index contributed by atoms with van der Waals surface area (Å²) in [5.74, 6) is 0. The van der Waals surface area contributed by atoms with Gasteiger partial charge in [-0.2, -0.15) is 0 Å². The molecule has 1 aliphatic heterocycles. The van der Waals surface area contributed by atoms with Crippen LogP contribution in [0, 0.1) is 0 Å². The Hall–Kier alpha value is -0.840. The fraction of sp³-hybridized carbons (Fsp3) is 0.636. The molecule has 0 saturated carbocycles. The van der Waals surface area contributed by atoms with Gasteiger partial charge in [0.1, 0.15) is 0 Å². The monoisotopic (exact) mass is 208 g/mol. The Morgan fingerprint density at radius 2 is 2.47 bits per heavy atom. The molecule has 1 saturated heterocycles. The van der Waals surface area contributed by atoms with Gasteiger partial charge in [0, 0.05) is 38.1 Å². The first-order chi connectivity index (χ1) is 7.31. The molecule has 0 spiro atoms. The number of hydrogen-bond donors (Lipinski definition) is 3. The predicted octanol–water partition coefficient (Wildman–Crippen LogP) is 0.179. The molecule has 2 heterocycles. The van der Waals surface area contributed by atoms with Gasteiger partial charge in [-0.15, -0.1) is 0 Å². The van der Waals surface area contributed by atoms with Gasteiger partial charge in [0.15, 0.2) is 0 Å². The number of nitrogens with one attached hydrogen (secondary N) is 3. The third-order valence-electron chi connectivity index (χ3n) is 3.10. The summed E-state index contributed by atoms with van der Waals surface area (Å²) in [6.07, 6.45) is 4.05. The number of nitrogens with zero attached hydrogens (tertiary/aromatic N) is 1. The summed E-state index contributed by atoms with van der Waals surface area (Å²) in [5, 5.41) is 6.96. The molecule has 4 heteroatoms. The average Bonchev–Trinajstić information content (AvgIpc) is 2.72. The molecule has 0 amide bonds. The molecule has 0 aromatic carbocycles. The van der Waals surface area contributed by atoms with Gasteiger partial charge in [-0.25, -0.2) is 0 Å². The zero-order chi connectivity index (χ0) is 10.7. The summed E-state index contributed by atoms with van der Waals surface area (Å²) >= 11 is 0. The molecule has 2 unspecified atom stereocenters. The van der Waals surface area contributed by atoms with E-state index in [1.54, 1.807) is 0 Å². The van der Waals surface area contributed by atoms with Crippen LogP contribution in [0.25, 0.3) is 0 Å². The van der Waals surface area contributed by atoms with Crippen molar-refractivity contribution in [2.45, 2.75) is 12.1 Å². The summed E-state index contributed by atoms with van der Waals surface area (Å²) in [6.45, 7) is 3.31. The van der Waals surface area contributed by atoms with E-state index in [0.717, 1.165) is 19.6 Å². The number of H-pyrrole nitrogens is 1. The van der Waals surface area contributed by atoms with Crippen LogP contribution >= 0.6 is 0 Å². The van der Waals surface area contributed by atoms with Crippen LogP contribution in [0.2, 0.25) is 0 Å². The third kappa shape index (κ3) is 2.40. The zero-order valence-corrected chi connectivity index (χ0v) is 9.46. The molecule has 15 heavy (non-hydrogen) atoms. The van der Waals surface area contributed by atoms with Crippen molar-refractivity contribution in [3.05, 3.63) is 24.0 Å². The highest BCUT2D eigenvalue weighted by Crippen LogP contribution is 2.17. The van der Waals surface area contributed by atoms with Crippen LogP contribution in [0.15, 0.2) is 18.5 Å². The number of hydrogen-bond acceptors (Lipinski definition) is 3. The van der Waals surface area contributed by atoms with Crippen molar-refractivity contribution in [1.82, 2.24) is 20.5 Å². The summed E-state index contributed by atoms with van der Waals surface area (Å²) in [6, 6.07) is 3.01. The Balaban J connectivity index is 2.06. The van der Waals surface area contributed by atoms with Gasteiger partial charge in [-0.3, -0.25) is 0 Å². The van der Waals surface area contributed by atoms with Crippen LogP contribution in [-0.4, -0.2) is 49.7 Å². The van der Waals surface area contributed by atoms with E-state index in [1.165, 1.54) is 5.56 Å². The lowest BCUT2D eigenvalue weighted by Gasteiger charge is -2.35. The van der Waals surface area contributed by atoms with Crippen LogP contribution in [0.1, 0.15) is 11.6 Å². The minimum atomic E-state index is 0.388. The number of piperazine rings is 1. The van der Waals surface area contributed by atoms with E-state index in [0.29, 0.717) is 12.1 Å². The van der Waals surface area contributed by atoms with Gasteiger partial charge in [0.05, 0.1) is 6.04 Å². The molecule has 2 rings (SSSR count). The molecule has 84 valence electrons. The second-order valence-corrected chi connectivity index (χ2v) is 4.23. The first kappa shape index (κ1) is 10.7. The molecule has 1 aromatic rings. The van der Waals surface area contributed by atoms with Crippen LogP contribution in [-0.2, 0) is 0 Å². The van der Waals surface area contributed by atoms with Gasteiger partial charge in [-0.1, -0.05) is 0 Å². The summed E-state index contributed by atoms with van der Waals surface area (Å²) < 4.78 is 0. The summed E-state index contributed by atoms with van der Waals surface area (Å²) in [7, 11) is 4.20. The van der Waals surface area contributed by atoms with Crippen LogP contribution in [0.5, 0.6) is 0 Å². The zero-order valence-electron chi connectivity index (χ0n) is 9.46. The van der Waals surface area contributed by atoms with Crippen molar-refractivity contribution < 1.29 is 0 Å². The smallest absolute Gasteiger partial charge is 0.0501 e. The normalized spacial score (nSPS) is 25.3. The predicted molar refractivity (Wildman–Crippen MR) is 61.9 cm³/mol. The fourth-order valence-electron chi connectivity index (χ4n) is 2.29. The van der Waals surface area contributed by atoms with Crippen molar-refractivity contribution in [1.29, 1.82) is 0 Å². The van der Waals surface area contributed by atoms with Crippen molar-refractivity contribution in [2.75, 3.05) is 33.7 Å². The maximum Gasteiger partial charge on any atom is 0.0501 e. The first-order valence-electron chi connectivity index (χ1n) is 5.53. The van der Waals surface area contributed by atoms with E-state index in [-0.39, 0.29) is 0 Å². The fourth-order valence-corrected chi connectivity index (χ4v) is 2.29. The van der Waals surface area contributed by atoms with Crippen molar-refractivity contribution >= 4 is 0 Å². The average molecular weight is 208 g/mol. The highest BCUT2D eigenvalue weighted by Gasteiger charge is 2.25. The molecular weight excluding hydrogens is 188 g/mol. The van der Waals surface area contributed by atoms with Gasteiger partial charge in [-0.05, 0) is 25.7 Å². The molecule has 0 radical (unpaired) electrons. The number of likely N-dealkylation sites (N-methyl/N-ethyl adjacent to an activating group) is 2. The van der Waals surface area contributed by atoms with Gasteiger partial charge < -0.3 is 20.5 Å². The molecular formula is C11H20N4. The summed E-state index contributed by atoms with van der Waals surface area (Å²) in [5.41, 5.74) is 1.32. The van der Waals surface area contributed by atoms with Crippen molar-refractivity contribution in [3.8, 4) is 0 Å². The lowest BCUT2D eigenvalue weighted by atomic mass is 10.0. The lowest BCUT2D eigenvalue weighted by Crippen LogP contribution is -2.53. The Labute approximate surface area is 91.0 Å². The molecule has 2 atom stereocenters. The SMILES string of the molecule is CNC(c1cc[nH]c1)C1CN(C)CCN1. The molecule has 3 N–H and O–H groups in total. The minimum Gasteiger partial charge on any atom is -0.367 e. The molecule has 0 aliphatic carbocycles. The van der Waals surface area contributed by atoms with Crippen molar-refractivity contribution in [3.63, 3.8) is 0 Å². The number of aromatic nitrogens is 1. The molecule has 1 aliphatic rings. The van der Waals surface area contributed by atoms with E-state index < -0.39 is 0 Å². The maximum atomic E-state index is 3.57. The third-order valence-corrected chi connectivity index (χ3v) is 3.10. The molecule has 0 bridgehead atoms. The van der Waals surface area contributed by atoms with Crippen LogP contribution in [0.4, 0.5) is 0 Å². The van der Waals surface area contributed by atoms with E-state index in [4.69, 9.17) is 0 Å². The topological polar surface area (TPSA) is 43.1 Å². The van der Waals surface area contributed by atoms with E-state index in [9.17, 15) is 0 Å². The lowest BCUT2D eigenvalue weighted by molar-refractivity contribution is 0.210. The van der Waals surface area contributed by atoms with Gasteiger partial charge >= 0.3 is 0 Å². The largest absolute Gasteiger partial charge is 0.367 e. The van der Waals surface area contributed by atoms with E-state index >= 15 is 0 Å². The number of rotatable bonds is 3. The van der Waals surface area contributed by atoms with Crippen LogP contribution in [0.3, 0.4) is 0 Å².